The molecule has 18 heavy (non-hydrogen) atoms. The highest BCUT2D eigenvalue weighted by Gasteiger charge is 2.08. The van der Waals surface area contributed by atoms with Gasteiger partial charge in [-0.25, -0.2) is 14.2 Å². The van der Waals surface area contributed by atoms with Gasteiger partial charge in [-0.15, -0.1) is 0 Å². The third-order valence-electron chi connectivity index (χ3n) is 2.39. The monoisotopic (exact) mass is 246 g/mol. The topological polar surface area (TPSA) is 62.2 Å². The number of rotatable bonds is 3. The van der Waals surface area contributed by atoms with Crippen LogP contribution in [0.15, 0.2) is 36.5 Å². The van der Waals surface area contributed by atoms with Crippen molar-refractivity contribution in [1.82, 2.24) is 4.98 Å². The van der Waals surface area contributed by atoms with E-state index in [0.29, 0.717) is 5.82 Å². The highest BCUT2D eigenvalue weighted by Crippen LogP contribution is 2.19. The minimum absolute atomic E-state index is 0.0880. The van der Waals surface area contributed by atoms with E-state index in [9.17, 15) is 9.18 Å². The molecule has 1 aromatic heterocycles. The fraction of sp³-hybridized carbons (Fsp3) is 0.0769. The molecule has 0 spiro atoms. The first-order valence-corrected chi connectivity index (χ1v) is 5.29. The van der Waals surface area contributed by atoms with Crippen LogP contribution in [0.4, 0.5) is 15.9 Å². The highest BCUT2D eigenvalue weighted by molar-refractivity contribution is 5.88. The number of pyridine rings is 1. The minimum Gasteiger partial charge on any atom is -0.478 e. The van der Waals surface area contributed by atoms with Crippen LogP contribution in [0.1, 0.15) is 15.9 Å². The normalized spacial score (nSPS) is 10.1. The fourth-order valence-corrected chi connectivity index (χ4v) is 1.43. The quantitative estimate of drug-likeness (QED) is 0.874. The van der Waals surface area contributed by atoms with E-state index < -0.39 is 11.8 Å². The zero-order valence-corrected chi connectivity index (χ0v) is 9.64. The zero-order chi connectivity index (χ0) is 13.1. The summed E-state index contributed by atoms with van der Waals surface area (Å²) < 4.78 is 13.6. The summed E-state index contributed by atoms with van der Waals surface area (Å²) in [6.07, 6.45) is 1.66. The van der Waals surface area contributed by atoms with Crippen molar-refractivity contribution in [2.75, 3.05) is 5.32 Å². The maximum absolute atomic E-state index is 13.6. The Hall–Kier alpha value is -2.43. The van der Waals surface area contributed by atoms with Crippen LogP contribution < -0.4 is 5.32 Å². The maximum Gasteiger partial charge on any atom is 0.335 e. The van der Waals surface area contributed by atoms with E-state index in [2.05, 4.69) is 10.3 Å². The number of aromatic nitrogens is 1. The Balaban J connectivity index is 2.24. The van der Waals surface area contributed by atoms with Gasteiger partial charge in [-0.05, 0) is 36.8 Å². The fourth-order valence-electron chi connectivity index (χ4n) is 1.43. The molecule has 0 unspecified atom stereocenters. The zero-order valence-electron chi connectivity index (χ0n) is 9.64. The number of aromatic carboxylic acids is 1. The SMILES string of the molecule is Cc1ccc(Nc2ccc(C(=O)O)cc2F)nc1. The van der Waals surface area contributed by atoms with Crippen LogP contribution in [0.3, 0.4) is 0 Å². The summed E-state index contributed by atoms with van der Waals surface area (Å²) in [6.45, 7) is 1.90. The molecular formula is C13H11FN2O2. The van der Waals surface area contributed by atoms with Crippen LogP contribution in [0.2, 0.25) is 0 Å². The number of hydrogen-bond donors (Lipinski definition) is 2. The molecule has 0 amide bonds. The van der Waals surface area contributed by atoms with Crippen molar-refractivity contribution < 1.29 is 14.3 Å². The molecule has 2 rings (SSSR count). The van der Waals surface area contributed by atoms with Gasteiger partial charge in [0, 0.05) is 6.20 Å². The molecule has 0 bridgehead atoms. The Bertz CT molecular complexity index is 582. The van der Waals surface area contributed by atoms with E-state index in [4.69, 9.17) is 5.11 Å². The summed E-state index contributed by atoms with van der Waals surface area (Å²) in [4.78, 5) is 14.7. The molecule has 92 valence electrons. The number of halogens is 1. The van der Waals surface area contributed by atoms with Crippen molar-refractivity contribution in [3.8, 4) is 0 Å². The van der Waals surface area contributed by atoms with Gasteiger partial charge in [0.2, 0.25) is 0 Å². The van der Waals surface area contributed by atoms with E-state index in [-0.39, 0.29) is 11.3 Å². The van der Waals surface area contributed by atoms with Gasteiger partial charge >= 0.3 is 5.97 Å². The first kappa shape index (κ1) is 12.0. The lowest BCUT2D eigenvalue weighted by Gasteiger charge is -2.07. The van der Waals surface area contributed by atoms with Crippen molar-refractivity contribution in [1.29, 1.82) is 0 Å². The second kappa shape index (κ2) is 4.83. The minimum atomic E-state index is -1.16. The molecule has 0 aliphatic carbocycles. The Morgan fingerprint density at radius 2 is 2.11 bits per heavy atom. The number of aryl methyl sites for hydroxylation is 1. The number of carbonyl (C=O) groups is 1. The van der Waals surface area contributed by atoms with E-state index in [1.807, 2.05) is 13.0 Å². The number of benzene rings is 1. The first-order valence-electron chi connectivity index (χ1n) is 5.29. The standard InChI is InChI=1S/C13H11FN2O2/c1-8-2-5-12(15-7-8)16-11-4-3-9(13(17)18)6-10(11)14/h2-7H,1H3,(H,15,16)(H,17,18). The smallest absolute Gasteiger partial charge is 0.335 e. The molecule has 0 radical (unpaired) electrons. The lowest BCUT2D eigenvalue weighted by molar-refractivity contribution is 0.0696. The van der Waals surface area contributed by atoms with Gasteiger partial charge in [0.1, 0.15) is 11.6 Å². The van der Waals surface area contributed by atoms with Crippen molar-refractivity contribution >= 4 is 17.5 Å². The van der Waals surface area contributed by atoms with Crippen molar-refractivity contribution in [2.24, 2.45) is 0 Å². The highest BCUT2D eigenvalue weighted by atomic mass is 19.1. The first-order chi connectivity index (χ1) is 8.56. The molecule has 2 N–H and O–H groups in total. The number of hydrogen-bond acceptors (Lipinski definition) is 3. The van der Waals surface area contributed by atoms with Gasteiger partial charge in [-0.3, -0.25) is 0 Å². The summed E-state index contributed by atoms with van der Waals surface area (Å²) >= 11 is 0. The summed E-state index contributed by atoms with van der Waals surface area (Å²) in [5, 5.41) is 11.5. The van der Waals surface area contributed by atoms with Gasteiger partial charge in [-0.2, -0.15) is 0 Å². The largest absolute Gasteiger partial charge is 0.478 e. The lowest BCUT2D eigenvalue weighted by Crippen LogP contribution is -2.00. The summed E-state index contributed by atoms with van der Waals surface area (Å²) in [5.74, 6) is -1.28. The van der Waals surface area contributed by atoms with Crippen molar-refractivity contribution in [2.45, 2.75) is 6.92 Å². The van der Waals surface area contributed by atoms with Crippen LogP contribution in [0, 0.1) is 12.7 Å². The van der Waals surface area contributed by atoms with Crippen LogP contribution >= 0.6 is 0 Å². The Labute approximate surface area is 103 Å². The molecule has 0 saturated heterocycles. The molecule has 2 aromatic rings. The molecular weight excluding hydrogens is 235 g/mol. The number of carboxylic acid groups (broad SMARTS) is 1. The summed E-state index contributed by atoms with van der Waals surface area (Å²) in [7, 11) is 0. The molecule has 0 aliphatic heterocycles. The number of anilines is 2. The maximum atomic E-state index is 13.6. The Morgan fingerprint density at radius 1 is 1.33 bits per heavy atom. The van der Waals surface area contributed by atoms with Gasteiger partial charge in [0.25, 0.3) is 0 Å². The second-order valence-corrected chi connectivity index (χ2v) is 3.85. The van der Waals surface area contributed by atoms with E-state index in [1.165, 1.54) is 12.1 Å². The van der Waals surface area contributed by atoms with Crippen molar-refractivity contribution in [3.63, 3.8) is 0 Å². The predicted octanol–water partition coefficient (Wildman–Crippen LogP) is 2.97. The number of nitrogens with one attached hydrogen (secondary N) is 1. The average molecular weight is 246 g/mol. The Kier molecular flexibility index (Phi) is 3.23. The van der Waals surface area contributed by atoms with Crippen LogP contribution in [-0.4, -0.2) is 16.1 Å². The van der Waals surface area contributed by atoms with Crippen LogP contribution in [0.5, 0.6) is 0 Å². The van der Waals surface area contributed by atoms with E-state index in [0.717, 1.165) is 11.6 Å². The molecule has 0 atom stereocenters. The van der Waals surface area contributed by atoms with Gasteiger partial charge in [0.05, 0.1) is 11.3 Å². The average Bonchev–Trinajstić information content (AvgIpc) is 2.34. The van der Waals surface area contributed by atoms with Gasteiger partial charge < -0.3 is 10.4 Å². The second-order valence-electron chi connectivity index (χ2n) is 3.85. The van der Waals surface area contributed by atoms with Gasteiger partial charge in [-0.1, -0.05) is 6.07 Å². The molecule has 0 fully saturated rings. The lowest BCUT2D eigenvalue weighted by atomic mass is 10.2. The Morgan fingerprint density at radius 3 is 2.67 bits per heavy atom. The number of nitrogens with zero attached hydrogens (tertiary/aromatic N) is 1. The molecule has 4 nitrogen and oxygen atoms in total. The summed E-state index contributed by atoms with van der Waals surface area (Å²) in [5.41, 5.74) is 1.11. The molecule has 0 aliphatic rings. The van der Waals surface area contributed by atoms with Gasteiger partial charge in [0.15, 0.2) is 0 Å². The van der Waals surface area contributed by atoms with E-state index >= 15 is 0 Å². The molecule has 0 saturated carbocycles. The van der Waals surface area contributed by atoms with Crippen molar-refractivity contribution in [3.05, 3.63) is 53.5 Å². The van der Waals surface area contributed by atoms with E-state index in [1.54, 1.807) is 12.3 Å². The van der Waals surface area contributed by atoms with Crippen LogP contribution in [0.25, 0.3) is 0 Å². The molecule has 1 aromatic carbocycles. The third kappa shape index (κ3) is 2.63. The molecule has 1 heterocycles. The molecule has 5 heteroatoms. The number of carboxylic acids is 1. The summed E-state index contributed by atoms with van der Waals surface area (Å²) in [6, 6.07) is 7.25. The predicted molar refractivity (Wildman–Crippen MR) is 65.6 cm³/mol. The van der Waals surface area contributed by atoms with Crippen LogP contribution in [-0.2, 0) is 0 Å². The third-order valence-corrected chi connectivity index (χ3v) is 2.39.